The Morgan fingerprint density at radius 1 is 0.871 bits per heavy atom. The molecule has 2 aliphatic heterocycles. The molecule has 0 atom stereocenters. The topological polar surface area (TPSA) is 43.9 Å². The molecular formula is C26H33N3O2. The molecule has 0 aromatic heterocycles. The highest BCUT2D eigenvalue weighted by Crippen LogP contribution is 2.20. The van der Waals surface area contributed by atoms with Gasteiger partial charge in [-0.25, -0.2) is 0 Å². The molecule has 2 aromatic rings. The lowest BCUT2D eigenvalue weighted by atomic mass is 10.0. The Morgan fingerprint density at radius 2 is 1.68 bits per heavy atom. The molecule has 4 rings (SSSR count). The Labute approximate surface area is 185 Å². The highest BCUT2D eigenvalue weighted by atomic mass is 16.2. The summed E-state index contributed by atoms with van der Waals surface area (Å²) in [5.74, 6) is 0.155. The van der Waals surface area contributed by atoms with Gasteiger partial charge in [0.15, 0.2) is 0 Å². The molecule has 0 spiro atoms. The van der Waals surface area contributed by atoms with E-state index in [9.17, 15) is 9.59 Å². The minimum Gasteiger partial charge on any atom is -0.341 e. The van der Waals surface area contributed by atoms with E-state index in [1.54, 1.807) is 6.08 Å². The minimum absolute atomic E-state index is 0.0177. The van der Waals surface area contributed by atoms with Crippen LogP contribution in [0.5, 0.6) is 0 Å². The highest BCUT2D eigenvalue weighted by Gasteiger charge is 2.22. The maximum absolute atomic E-state index is 12.8. The average Bonchev–Trinajstić information content (AvgIpc) is 3.00. The standard InChI is InChI=1S/C26H33N3O2/c30-25(13-12-23-10-6-9-22-8-2-3-11-24(22)23)29-19-14-26(31)28(20-21-29)18-7-17-27-15-4-1-5-16-27/h2-3,6,8-13H,1,4-5,7,14-21H2/b13-12-. The zero-order valence-corrected chi connectivity index (χ0v) is 18.3. The molecule has 0 saturated carbocycles. The summed E-state index contributed by atoms with van der Waals surface area (Å²) in [5.41, 5.74) is 1.04. The summed E-state index contributed by atoms with van der Waals surface area (Å²) in [7, 11) is 0. The SMILES string of the molecule is O=C(/C=C\c1cccc2ccccc12)N1CCC(=O)N(CCCN2CCCCC2)CC1. The maximum Gasteiger partial charge on any atom is 0.246 e. The quantitative estimate of drug-likeness (QED) is 0.669. The van der Waals surface area contributed by atoms with E-state index in [0.29, 0.717) is 26.1 Å². The van der Waals surface area contributed by atoms with Crippen molar-refractivity contribution < 1.29 is 9.59 Å². The molecule has 2 aliphatic rings. The summed E-state index contributed by atoms with van der Waals surface area (Å²) >= 11 is 0. The lowest BCUT2D eigenvalue weighted by Gasteiger charge is -2.28. The molecule has 5 nitrogen and oxygen atoms in total. The largest absolute Gasteiger partial charge is 0.341 e. The Morgan fingerprint density at radius 3 is 2.55 bits per heavy atom. The number of amides is 2. The fourth-order valence-electron chi connectivity index (χ4n) is 4.65. The number of likely N-dealkylation sites (tertiary alicyclic amines) is 1. The molecule has 2 amide bonds. The van der Waals surface area contributed by atoms with Crippen LogP contribution in [-0.4, -0.2) is 72.3 Å². The first-order valence-electron chi connectivity index (χ1n) is 11.7. The number of fused-ring (bicyclic) bond motifs is 1. The Balaban J connectivity index is 1.30. The molecule has 2 heterocycles. The van der Waals surface area contributed by atoms with Gasteiger partial charge in [0.25, 0.3) is 0 Å². The van der Waals surface area contributed by atoms with Gasteiger partial charge in [0.1, 0.15) is 0 Å². The van der Waals surface area contributed by atoms with Crippen molar-refractivity contribution in [2.24, 2.45) is 0 Å². The number of benzene rings is 2. The lowest BCUT2D eigenvalue weighted by molar-refractivity contribution is -0.130. The number of carbonyl (C=O) groups is 2. The van der Waals surface area contributed by atoms with Crippen molar-refractivity contribution in [1.29, 1.82) is 0 Å². The van der Waals surface area contributed by atoms with Crippen molar-refractivity contribution in [2.75, 3.05) is 45.8 Å². The van der Waals surface area contributed by atoms with Crippen molar-refractivity contribution in [2.45, 2.75) is 32.1 Å². The van der Waals surface area contributed by atoms with E-state index in [4.69, 9.17) is 0 Å². The number of hydrogen-bond acceptors (Lipinski definition) is 3. The third kappa shape index (κ3) is 5.73. The van der Waals surface area contributed by atoms with E-state index in [1.165, 1.54) is 32.4 Å². The van der Waals surface area contributed by atoms with Crippen molar-refractivity contribution in [3.8, 4) is 0 Å². The van der Waals surface area contributed by atoms with Gasteiger partial charge in [-0.2, -0.15) is 0 Å². The van der Waals surface area contributed by atoms with Gasteiger partial charge >= 0.3 is 0 Å². The van der Waals surface area contributed by atoms with Crippen LogP contribution in [0.1, 0.15) is 37.7 Å². The summed E-state index contributed by atoms with van der Waals surface area (Å²) < 4.78 is 0. The Bertz CT molecular complexity index is 928. The molecule has 0 bridgehead atoms. The molecule has 31 heavy (non-hydrogen) atoms. The molecule has 2 aromatic carbocycles. The van der Waals surface area contributed by atoms with Crippen LogP contribution in [0.25, 0.3) is 16.8 Å². The Hall–Kier alpha value is -2.66. The summed E-state index contributed by atoms with van der Waals surface area (Å²) in [5, 5.41) is 2.30. The zero-order valence-electron chi connectivity index (χ0n) is 18.3. The smallest absolute Gasteiger partial charge is 0.246 e. The van der Waals surface area contributed by atoms with Gasteiger partial charge < -0.3 is 14.7 Å². The van der Waals surface area contributed by atoms with Crippen molar-refractivity contribution in [3.63, 3.8) is 0 Å². The fourth-order valence-corrected chi connectivity index (χ4v) is 4.65. The predicted molar refractivity (Wildman–Crippen MR) is 126 cm³/mol. The minimum atomic E-state index is -0.0177. The van der Waals surface area contributed by atoms with E-state index in [-0.39, 0.29) is 11.8 Å². The fraction of sp³-hybridized carbons (Fsp3) is 0.462. The molecule has 0 unspecified atom stereocenters. The van der Waals surface area contributed by atoms with E-state index in [2.05, 4.69) is 23.1 Å². The molecule has 0 N–H and O–H groups in total. The number of rotatable bonds is 6. The highest BCUT2D eigenvalue weighted by molar-refractivity contribution is 5.97. The first kappa shape index (κ1) is 21.6. The van der Waals surface area contributed by atoms with Gasteiger partial charge in [0.05, 0.1) is 0 Å². The zero-order chi connectivity index (χ0) is 21.5. The van der Waals surface area contributed by atoms with Crippen LogP contribution in [0.15, 0.2) is 48.5 Å². The third-order valence-electron chi connectivity index (χ3n) is 6.48. The van der Waals surface area contributed by atoms with Crippen LogP contribution in [0.2, 0.25) is 0 Å². The van der Waals surface area contributed by atoms with Gasteiger partial charge in [-0.15, -0.1) is 0 Å². The molecule has 0 aliphatic carbocycles. The van der Waals surface area contributed by atoms with Gasteiger partial charge in [-0.1, -0.05) is 48.9 Å². The van der Waals surface area contributed by atoms with Gasteiger partial charge in [-0.3, -0.25) is 9.59 Å². The average molecular weight is 420 g/mol. The van der Waals surface area contributed by atoms with E-state index >= 15 is 0 Å². The maximum atomic E-state index is 12.8. The van der Waals surface area contributed by atoms with Crippen LogP contribution in [0.3, 0.4) is 0 Å². The lowest BCUT2D eigenvalue weighted by Crippen LogP contribution is -2.37. The van der Waals surface area contributed by atoms with Gasteiger partial charge in [0, 0.05) is 38.7 Å². The normalized spacial score (nSPS) is 18.6. The number of piperidine rings is 1. The monoisotopic (exact) mass is 419 g/mol. The molecule has 0 radical (unpaired) electrons. The molecule has 164 valence electrons. The first-order chi connectivity index (χ1) is 15.2. The van der Waals surface area contributed by atoms with Crippen LogP contribution in [0, 0.1) is 0 Å². The second-order valence-corrected chi connectivity index (χ2v) is 8.61. The second kappa shape index (κ2) is 10.6. The molecular weight excluding hydrogens is 386 g/mol. The van der Waals surface area contributed by atoms with Crippen molar-refractivity contribution >= 4 is 28.7 Å². The van der Waals surface area contributed by atoms with E-state index in [1.807, 2.05) is 40.1 Å². The number of hydrogen-bond donors (Lipinski definition) is 0. The van der Waals surface area contributed by atoms with Gasteiger partial charge in [-0.05, 0) is 61.3 Å². The van der Waals surface area contributed by atoms with Gasteiger partial charge in [0.2, 0.25) is 11.8 Å². The molecule has 5 heteroatoms. The van der Waals surface area contributed by atoms with Crippen LogP contribution in [0.4, 0.5) is 0 Å². The first-order valence-corrected chi connectivity index (χ1v) is 11.7. The van der Waals surface area contributed by atoms with Crippen LogP contribution in [-0.2, 0) is 9.59 Å². The van der Waals surface area contributed by atoms with Crippen molar-refractivity contribution in [3.05, 3.63) is 54.1 Å². The summed E-state index contributed by atoms with van der Waals surface area (Å²) in [6.07, 6.45) is 8.92. The van der Waals surface area contributed by atoms with Crippen LogP contribution < -0.4 is 0 Å². The second-order valence-electron chi connectivity index (χ2n) is 8.61. The molecule has 2 saturated heterocycles. The summed E-state index contributed by atoms with van der Waals surface area (Å²) in [6.45, 7) is 5.99. The van der Waals surface area contributed by atoms with E-state index in [0.717, 1.165) is 35.8 Å². The summed E-state index contributed by atoms with van der Waals surface area (Å²) in [6, 6.07) is 14.3. The van der Waals surface area contributed by atoms with Crippen LogP contribution >= 0.6 is 0 Å². The number of nitrogens with zero attached hydrogens (tertiary/aromatic N) is 3. The Kier molecular flexibility index (Phi) is 7.36. The van der Waals surface area contributed by atoms with E-state index < -0.39 is 0 Å². The number of carbonyl (C=O) groups excluding carboxylic acids is 2. The predicted octanol–water partition coefficient (Wildman–Crippen LogP) is 3.79. The molecule has 2 fully saturated rings. The summed E-state index contributed by atoms with van der Waals surface area (Å²) in [4.78, 5) is 31.6. The van der Waals surface area contributed by atoms with Crippen molar-refractivity contribution in [1.82, 2.24) is 14.7 Å². The third-order valence-corrected chi connectivity index (χ3v) is 6.48.